The molecule has 1 amide bonds. The Kier molecular flexibility index (Phi) is 9.56. The summed E-state index contributed by atoms with van der Waals surface area (Å²) in [7, 11) is 0. The summed E-state index contributed by atoms with van der Waals surface area (Å²) in [5, 5.41) is 13.5. The minimum Gasteiger partial charge on any atom is -0.379 e. The predicted molar refractivity (Wildman–Crippen MR) is 147 cm³/mol. The third kappa shape index (κ3) is 7.17. The molecule has 2 saturated heterocycles. The van der Waals surface area contributed by atoms with E-state index in [1.54, 1.807) is 0 Å². The van der Waals surface area contributed by atoms with Crippen molar-refractivity contribution in [3.8, 4) is 0 Å². The van der Waals surface area contributed by atoms with Crippen LogP contribution in [0.4, 0.5) is 5.69 Å². The van der Waals surface area contributed by atoms with Crippen molar-refractivity contribution >= 4 is 46.9 Å². The SMILES string of the molecule is Cl.O=C(N[C@@H]1CCN(c2ccc(CN3CCOCC3)cc2)C1)c1nnc(CCc2ccc(Cl)cc2)s1. The number of amides is 1. The first-order valence-electron chi connectivity index (χ1n) is 12.1. The van der Waals surface area contributed by atoms with Crippen molar-refractivity contribution < 1.29 is 9.53 Å². The van der Waals surface area contributed by atoms with Crippen molar-refractivity contribution in [3.63, 3.8) is 0 Å². The summed E-state index contributed by atoms with van der Waals surface area (Å²) in [6.45, 7) is 6.32. The van der Waals surface area contributed by atoms with E-state index in [2.05, 4.69) is 49.6 Å². The summed E-state index contributed by atoms with van der Waals surface area (Å²) < 4.78 is 5.43. The molecule has 192 valence electrons. The minimum absolute atomic E-state index is 0. The Bertz CT molecular complexity index is 1120. The minimum atomic E-state index is -0.132. The normalized spacial score (nSPS) is 18.1. The summed E-state index contributed by atoms with van der Waals surface area (Å²) in [4.78, 5) is 17.5. The standard InChI is InChI=1S/C26H30ClN5O2S.ClH/c27-21-6-1-19(2-7-21)5-10-24-29-30-26(35-24)25(33)28-22-11-12-32(18-22)23-8-3-20(4-9-23)17-31-13-15-34-16-14-31;/h1-4,6-9,22H,5,10-18H2,(H,28,33);1H/t22-;/m1./s1. The van der Waals surface area contributed by atoms with Gasteiger partial charge in [0.2, 0.25) is 5.01 Å². The van der Waals surface area contributed by atoms with Gasteiger partial charge in [0.25, 0.3) is 5.91 Å². The Morgan fingerprint density at radius 1 is 1.00 bits per heavy atom. The number of rotatable bonds is 8. The molecule has 1 N–H and O–H groups in total. The van der Waals surface area contributed by atoms with E-state index in [0.717, 1.165) is 75.2 Å². The smallest absolute Gasteiger partial charge is 0.282 e. The number of benzene rings is 2. The molecular formula is C26H31Cl2N5O2S. The van der Waals surface area contributed by atoms with E-state index >= 15 is 0 Å². The molecule has 0 saturated carbocycles. The van der Waals surface area contributed by atoms with Gasteiger partial charge in [-0.1, -0.05) is 47.2 Å². The first kappa shape index (κ1) is 26.8. The Labute approximate surface area is 227 Å². The number of carbonyl (C=O) groups excluding carboxylic acids is 1. The number of hydrogen-bond acceptors (Lipinski definition) is 7. The zero-order chi connectivity index (χ0) is 24.0. The van der Waals surface area contributed by atoms with Gasteiger partial charge in [0.15, 0.2) is 0 Å². The van der Waals surface area contributed by atoms with Crippen molar-refractivity contribution in [1.82, 2.24) is 20.4 Å². The Morgan fingerprint density at radius 3 is 2.47 bits per heavy atom. The highest BCUT2D eigenvalue weighted by Gasteiger charge is 2.26. The maximum absolute atomic E-state index is 12.8. The van der Waals surface area contributed by atoms with E-state index < -0.39 is 0 Å². The molecule has 0 aliphatic carbocycles. The lowest BCUT2D eigenvalue weighted by molar-refractivity contribution is 0.0342. The molecule has 5 rings (SSSR count). The van der Waals surface area contributed by atoms with Crippen LogP contribution in [0.1, 0.15) is 32.4 Å². The summed E-state index contributed by atoms with van der Waals surface area (Å²) >= 11 is 7.32. The summed E-state index contributed by atoms with van der Waals surface area (Å²) in [6.07, 6.45) is 2.52. The van der Waals surface area contributed by atoms with E-state index in [-0.39, 0.29) is 24.4 Å². The third-order valence-corrected chi connectivity index (χ3v) is 7.77. The molecule has 0 bridgehead atoms. The second kappa shape index (κ2) is 12.8. The molecule has 10 heteroatoms. The molecule has 7 nitrogen and oxygen atoms in total. The lowest BCUT2D eigenvalue weighted by Crippen LogP contribution is -2.37. The van der Waals surface area contributed by atoms with Gasteiger partial charge in [0, 0.05) is 55.9 Å². The molecule has 0 unspecified atom stereocenters. The number of ether oxygens (including phenoxy) is 1. The number of aromatic nitrogens is 2. The van der Waals surface area contributed by atoms with Gasteiger partial charge >= 0.3 is 0 Å². The van der Waals surface area contributed by atoms with E-state index in [0.29, 0.717) is 5.01 Å². The summed E-state index contributed by atoms with van der Waals surface area (Å²) in [5.41, 5.74) is 3.71. The van der Waals surface area contributed by atoms with Crippen LogP contribution in [0.3, 0.4) is 0 Å². The van der Waals surface area contributed by atoms with Gasteiger partial charge in [-0.15, -0.1) is 22.6 Å². The van der Waals surface area contributed by atoms with Gasteiger partial charge in [-0.05, 0) is 48.2 Å². The highest BCUT2D eigenvalue weighted by molar-refractivity contribution is 7.13. The topological polar surface area (TPSA) is 70.6 Å². The van der Waals surface area contributed by atoms with Crippen molar-refractivity contribution in [2.75, 3.05) is 44.3 Å². The van der Waals surface area contributed by atoms with Crippen LogP contribution in [0.25, 0.3) is 0 Å². The van der Waals surface area contributed by atoms with Crippen LogP contribution >= 0.6 is 35.3 Å². The van der Waals surface area contributed by atoms with Gasteiger partial charge in [-0.25, -0.2) is 0 Å². The van der Waals surface area contributed by atoms with Crippen molar-refractivity contribution in [2.45, 2.75) is 31.8 Å². The van der Waals surface area contributed by atoms with Crippen LogP contribution in [-0.2, 0) is 24.1 Å². The molecule has 1 atom stereocenters. The predicted octanol–water partition coefficient (Wildman–Crippen LogP) is 4.24. The number of morpholine rings is 1. The molecule has 1 aromatic heterocycles. The zero-order valence-electron chi connectivity index (χ0n) is 20.1. The second-order valence-electron chi connectivity index (χ2n) is 9.09. The van der Waals surface area contributed by atoms with Crippen LogP contribution in [0, 0.1) is 0 Å². The molecule has 2 aliphatic rings. The maximum atomic E-state index is 12.8. The van der Waals surface area contributed by atoms with Crippen LogP contribution in [-0.4, -0.2) is 66.4 Å². The number of carbonyl (C=O) groups is 1. The van der Waals surface area contributed by atoms with Crippen LogP contribution < -0.4 is 10.2 Å². The molecule has 3 aromatic rings. The fraction of sp³-hybridized carbons (Fsp3) is 0.423. The first-order chi connectivity index (χ1) is 17.1. The van der Waals surface area contributed by atoms with Crippen molar-refractivity contribution in [1.29, 1.82) is 0 Å². The van der Waals surface area contributed by atoms with Gasteiger partial charge in [-0.2, -0.15) is 0 Å². The second-order valence-corrected chi connectivity index (χ2v) is 10.6. The number of aryl methyl sites for hydroxylation is 2. The van der Waals surface area contributed by atoms with Crippen LogP contribution in [0.2, 0.25) is 5.02 Å². The third-order valence-electron chi connectivity index (χ3n) is 6.54. The average Bonchev–Trinajstić information content (AvgIpc) is 3.55. The molecule has 3 heterocycles. The first-order valence-corrected chi connectivity index (χ1v) is 13.3. The van der Waals surface area contributed by atoms with Gasteiger partial charge in [-0.3, -0.25) is 9.69 Å². The van der Waals surface area contributed by atoms with Crippen LogP contribution in [0.5, 0.6) is 0 Å². The summed E-state index contributed by atoms with van der Waals surface area (Å²) in [6, 6.07) is 16.7. The van der Waals surface area contributed by atoms with Crippen molar-refractivity contribution in [3.05, 3.63) is 74.7 Å². The van der Waals surface area contributed by atoms with Gasteiger partial charge < -0.3 is 15.0 Å². The van der Waals surface area contributed by atoms with Crippen molar-refractivity contribution in [2.24, 2.45) is 0 Å². The maximum Gasteiger partial charge on any atom is 0.282 e. The number of nitrogens with one attached hydrogen (secondary N) is 1. The molecule has 0 spiro atoms. The summed E-state index contributed by atoms with van der Waals surface area (Å²) in [5.74, 6) is -0.132. The average molecular weight is 549 g/mol. The highest BCUT2D eigenvalue weighted by atomic mass is 35.5. The molecule has 2 aromatic carbocycles. The number of anilines is 1. The lowest BCUT2D eigenvalue weighted by atomic mass is 10.1. The number of halogens is 2. The molecule has 2 fully saturated rings. The highest BCUT2D eigenvalue weighted by Crippen LogP contribution is 2.22. The van der Waals surface area contributed by atoms with Gasteiger partial charge in [0.1, 0.15) is 5.01 Å². The van der Waals surface area contributed by atoms with Crippen LogP contribution in [0.15, 0.2) is 48.5 Å². The molecular weight excluding hydrogens is 517 g/mol. The number of hydrogen-bond donors (Lipinski definition) is 1. The van der Waals surface area contributed by atoms with E-state index in [1.165, 1.54) is 28.2 Å². The van der Waals surface area contributed by atoms with E-state index in [4.69, 9.17) is 16.3 Å². The number of nitrogens with zero attached hydrogens (tertiary/aromatic N) is 4. The molecule has 2 aliphatic heterocycles. The Morgan fingerprint density at radius 2 is 1.72 bits per heavy atom. The molecule has 0 radical (unpaired) electrons. The van der Waals surface area contributed by atoms with E-state index in [1.807, 2.05) is 24.3 Å². The quantitative estimate of drug-likeness (QED) is 0.454. The lowest BCUT2D eigenvalue weighted by Gasteiger charge is -2.27. The monoisotopic (exact) mass is 547 g/mol. The molecule has 36 heavy (non-hydrogen) atoms. The Balaban J connectivity index is 0.00000304. The van der Waals surface area contributed by atoms with E-state index in [9.17, 15) is 4.79 Å². The fourth-order valence-corrected chi connectivity index (χ4v) is 5.41. The zero-order valence-corrected chi connectivity index (χ0v) is 22.5. The van der Waals surface area contributed by atoms with Gasteiger partial charge in [0.05, 0.1) is 13.2 Å². The fourth-order valence-electron chi connectivity index (χ4n) is 4.54. The Hall–Kier alpha value is -2.23. The largest absolute Gasteiger partial charge is 0.379 e.